The number of hydrogen-bond donors (Lipinski definition) is 0. The van der Waals surface area contributed by atoms with Gasteiger partial charge in [0.1, 0.15) is 0 Å². The second kappa shape index (κ2) is 7.18. The summed E-state index contributed by atoms with van der Waals surface area (Å²) in [5.41, 5.74) is 1.90. The van der Waals surface area contributed by atoms with Crippen LogP contribution in [0.1, 0.15) is 36.0 Å². The molecule has 1 amide bonds. The van der Waals surface area contributed by atoms with E-state index in [4.69, 9.17) is 9.47 Å². The highest BCUT2D eigenvalue weighted by Crippen LogP contribution is 2.31. The molecule has 4 rings (SSSR count). The number of fused-ring (bicyclic) bond motifs is 2. The molecule has 134 valence electrons. The highest BCUT2D eigenvalue weighted by atomic mass is 16.5. The molecule has 1 aromatic carbocycles. The highest BCUT2D eigenvalue weighted by molar-refractivity contribution is 6.07. The van der Waals surface area contributed by atoms with Gasteiger partial charge in [-0.1, -0.05) is 31.0 Å². The second-order valence-corrected chi connectivity index (χ2v) is 7.01. The fourth-order valence-electron chi connectivity index (χ4n) is 4.30. The Labute approximate surface area is 148 Å². The third-order valence-corrected chi connectivity index (χ3v) is 5.55. The van der Waals surface area contributed by atoms with Crippen LogP contribution in [0.2, 0.25) is 0 Å². The van der Waals surface area contributed by atoms with E-state index in [1.165, 1.54) is 12.8 Å². The summed E-state index contributed by atoms with van der Waals surface area (Å²) < 4.78 is 13.3. The van der Waals surface area contributed by atoms with Crippen LogP contribution in [0.15, 0.2) is 30.5 Å². The maximum Gasteiger partial charge on any atom is 0.256 e. The molecular weight excluding hydrogens is 316 g/mol. The molecule has 2 fully saturated rings. The SMILES string of the molecule is COCCn1cc(C(=O)N2CCO[C@@H]3CCCC[C@H]32)c2ccccc21. The minimum atomic E-state index is 0.146. The minimum absolute atomic E-state index is 0.146. The Hall–Kier alpha value is -1.85. The Kier molecular flexibility index (Phi) is 4.77. The first kappa shape index (κ1) is 16.6. The zero-order valence-electron chi connectivity index (χ0n) is 14.8. The summed E-state index contributed by atoms with van der Waals surface area (Å²) in [6, 6.07) is 8.37. The molecule has 25 heavy (non-hydrogen) atoms. The van der Waals surface area contributed by atoms with Crippen LogP contribution >= 0.6 is 0 Å². The van der Waals surface area contributed by atoms with Gasteiger partial charge in [-0.05, 0) is 18.9 Å². The smallest absolute Gasteiger partial charge is 0.256 e. The van der Waals surface area contributed by atoms with Crippen LogP contribution in [0.4, 0.5) is 0 Å². The van der Waals surface area contributed by atoms with E-state index in [0.29, 0.717) is 19.8 Å². The number of amides is 1. The van der Waals surface area contributed by atoms with Crippen molar-refractivity contribution in [3.63, 3.8) is 0 Å². The predicted octanol–water partition coefficient (Wildman–Crippen LogP) is 3.07. The Balaban J connectivity index is 1.67. The van der Waals surface area contributed by atoms with Crippen LogP contribution in [0.3, 0.4) is 0 Å². The van der Waals surface area contributed by atoms with Gasteiger partial charge >= 0.3 is 0 Å². The zero-order chi connectivity index (χ0) is 17.2. The van der Waals surface area contributed by atoms with Gasteiger partial charge in [-0.3, -0.25) is 4.79 Å². The van der Waals surface area contributed by atoms with Gasteiger partial charge in [0.25, 0.3) is 5.91 Å². The summed E-state index contributed by atoms with van der Waals surface area (Å²) in [7, 11) is 1.70. The molecule has 5 heteroatoms. The van der Waals surface area contributed by atoms with E-state index in [1.807, 2.05) is 24.4 Å². The van der Waals surface area contributed by atoms with Crippen LogP contribution in [0, 0.1) is 0 Å². The molecule has 1 aromatic heterocycles. The van der Waals surface area contributed by atoms with E-state index < -0.39 is 0 Å². The number of para-hydroxylation sites is 1. The van der Waals surface area contributed by atoms with Crippen molar-refractivity contribution in [2.24, 2.45) is 0 Å². The first-order chi connectivity index (χ1) is 12.3. The van der Waals surface area contributed by atoms with E-state index in [1.54, 1.807) is 7.11 Å². The molecule has 2 aromatic rings. The van der Waals surface area contributed by atoms with Gasteiger partial charge < -0.3 is 18.9 Å². The largest absolute Gasteiger partial charge is 0.383 e. The van der Waals surface area contributed by atoms with Crippen LogP contribution in [0.25, 0.3) is 10.9 Å². The van der Waals surface area contributed by atoms with Crippen molar-refractivity contribution in [3.8, 4) is 0 Å². The lowest BCUT2D eigenvalue weighted by atomic mass is 9.89. The molecule has 1 saturated heterocycles. The molecule has 0 unspecified atom stereocenters. The Morgan fingerprint density at radius 1 is 1.28 bits per heavy atom. The van der Waals surface area contributed by atoms with E-state index in [9.17, 15) is 4.79 Å². The molecule has 2 atom stereocenters. The number of benzene rings is 1. The quantitative estimate of drug-likeness (QED) is 0.858. The number of morpholine rings is 1. The average Bonchev–Trinajstić information content (AvgIpc) is 3.04. The first-order valence-electron chi connectivity index (χ1n) is 9.29. The standard InChI is InChI=1S/C20H26N2O3/c1-24-12-10-21-14-16(15-6-2-3-7-17(15)21)20(23)22-11-13-25-19-9-5-4-8-18(19)22/h2-3,6-7,14,18-19H,4-5,8-13H2,1H3/t18-,19-/m1/s1. The van der Waals surface area contributed by atoms with Crippen LogP contribution in [-0.4, -0.2) is 54.4 Å². The summed E-state index contributed by atoms with van der Waals surface area (Å²) in [5, 5.41) is 1.03. The van der Waals surface area contributed by atoms with Crippen molar-refractivity contribution in [2.45, 2.75) is 44.4 Å². The van der Waals surface area contributed by atoms with Crippen molar-refractivity contribution in [2.75, 3.05) is 26.9 Å². The van der Waals surface area contributed by atoms with Crippen LogP contribution in [0.5, 0.6) is 0 Å². The average molecular weight is 342 g/mol. The van der Waals surface area contributed by atoms with Gasteiger partial charge in [-0.15, -0.1) is 0 Å². The van der Waals surface area contributed by atoms with Crippen molar-refractivity contribution >= 4 is 16.8 Å². The highest BCUT2D eigenvalue weighted by Gasteiger charge is 2.37. The molecule has 0 spiro atoms. The Morgan fingerprint density at radius 3 is 3.00 bits per heavy atom. The number of rotatable bonds is 4. The number of aromatic nitrogens is 1. The molecule has 1 aliphatic carbocycles. The second-order valence-electron chi connectivity index (χ2n) is 7.01. The summed E-state index contributed by atoms with van der Waals surface area (Å²) in [5.74, 6) is 0.146. The summed E-state index contributed by atoms with van der Waals surface area (Å²) in [4.78, 5) is 15.4. The monoisotopic (exact) mass is 342 g/mol. The molecule has 1 aliphatic heterocycles. The van der Waals surface area contributed by atoms with Crippen molar-refractivity contribution in [3.05, 3.63) is 36.0 Å². The van der Waals surface area contributed by atoms with Gasteiger partial charge in [-0.25, -0.2) is 0 Å². The van der Waals surface area contributed by atoms with E-state index >= 15 is 0 Å². The molecule has 1 saturated carbocycles. The maximum atomic E-state index is 13.4. The zero-order valence-corrected chi connectivity index (χ0v) is 14.8. The normalized spacial score (nSPS) is 23.6. The number of carbonyl (C=O) groups is 1. The third-order valence-electron chi connectivity index (χ3n) is 5.55. The van der Waals surface area contributed by atoms with E-state index in [2.05, 4.69) is 15.5 Å². The molecule has 0 N–H and O–H groups in total. The van der Waals surface area contributed by atoms with Crippen molar-refractivity contribution < 1.29 is 14.3 Å². The lowest BCUT2D eigenvalue weighted by molar-refractivity contribution is -0.0752. The minimum Gasteiger partial charge on any atom is -0.383 e. The fourth-order valence-corrected chi connectivity index (χ4v) is 4.30. The topological polar surface area (TPSA) is 43.7 Å². The first-order valence-corrected chi connectivity index (χ1v) is 9.29. The Morgan fingerprint density at radius 2 is 2.12 bits per heavy atom. The molecule has 2 aliphatic rings. The summed E-state index contributed by atoms with van der Waals surface area (Å²) in [6.45, 7) is 2.72. The van der Waals surface area contributed by atoms with Gasteiger partial charge in [0.2, 0.25) is 0 Å². The number of carbonyl (C=O) groups excluding carboxylic acids is 1. The van der Waals surface area contributed by atoms with Crippen molar-refractivity contribution in [1.82, 2.24) is 9.47 Å². The van der Waals surface area contributed by atoms with Gasteiger partial charge in [0, 0.05) is 37.3 Å². The summed E-state index contributed by atoms with van der Waals surface area (Å²) in [6.07, 6.45) is 6.74. The Bertz CT molecular complexity index is 752. The van der Waals surface area contributed by atoms with Gasteiger partial charge in [-0.2, -0.15) is 0 Å². The molecule has 5 nitrogen and oxygen atoms in total. The molecule has 0 radical (unpaired) electrons. The van der Waals surface area contributed by atoms with E-state index in [-0.39, 0.29) is 18.1 Å². The lowest BCUT2D eigenvalue weighted by Gasteiger charge is -2.43. The third kappa shape index (κ3) is 3.07. The van der Waals surface area contributed by atoms with Crippen molar-refractivity contribution in [1.29, 1.82) is 0 Å². The lowest BCUT2D eigenvalue weighted by Crippen LogP contribution is -2.54. The van der Waals surface area contributed by atoms with Crippen LogP contribution in [-0.2, 0) is 16.0 Å². The van der Waals surface area contributed by atoms with E-state index in [0.717, 1.165) is 35.9 Å². The van der Waals surface area contributed by atoms with Gasteiger partial charge in [0.15, 0.2) is 0 Å². The molecular formula is C20H26N2O3. The number of nitrogens with zero attached hydrogens (tertiary/aromatic N) is 2. The fraction of sp³-hybridized carbons (Fsp3) is 0.550. The number of hydrogen-bond acceptors (Lipinski definition) is 3. The number of methoxy groups -OCH3 is 1. The summed E-state index contributed by atoms with van der Waals surface area (Å²) >= 11 is 0. The molecule has 2 heterocycles. The predicted molar refractivity (Wildman–Crippen MR) is 96.8 cm³/mol. The molecule has 0 bridgehead atoms. The number of ether oxygens (including phenoxy) is 2. The van der Waals surface area contributed by atoms with Crippen LogP contribution < -0.4 is 0 Å². The maximum absolute atomic E-state index is 13.4. The van der Waals surface area contributed by atoms with Gasteiger partial charge in [0.05, 0.1) is 30.9 Å².